The largest absolute Gasteiger partial charge is 0.493 e. The molecule has 3 heteroatoms. The molecule has 0 aliphatic heterocycles. The highest BCUT2D eigenvalue weighted by Crippen LogP contribution is 2.29. The van der Waals surface area contributed by atoms with Crippen LogP contribution >= 0.6 is 0 Å². The van der Waals surface area contributed by atoms with Crippen LogP contribution in [0.25, 0.3) is 0 Å². The fourth-order valence-electron chi connectivity index (χ4n) is 1.71. The maximum Gasteiger partial charge on any atom is 0.161 e. The quantitative estimate of drug-likeness (QED) is 0.740. The molecular weight excluding hydrogens is 214 g/mol. The van der Waals surface area contributed by atoms with Crippen LogP contribution in [0.2, 0.25) is 0 Å². The molecule has 0 spiro atoms. The Labute approximate surface area is 104 Å². The third-order valence-electron chi connectivity index (χ3n) is 2.68. The molecule has 0 amide bonds. The first-order chi connectivity index (χ1) is 8.17. The lowest BCUT2D eigenvalue weighted by atomic mass is 10.2. The number of hydrogen-bond acceptors (Lipinski definition) is 3. The molecule has 0 fully saturated rings. The molecule has 3 nitrogen and oxygen atoms in total. The van der Waals surface area contributed by atoms with E-state index in [2.05, 4.69) is 12.2 Å². The Balaban J connectivity index is 2.55. The van der Waals surface area contributed by atoms with Crippen LogP contribution in [-0.2, 0) is 0 Å². The monoisotopic (exact) mass is 237 g/mol. The summed E-state index contributed by atoms with van der Waals surface area (Å²) in [6, 6.07) is 6.01. The van der Waals surface area contributed by atoms with Gasteiger partial charge in [-0.3, -0.25) is 0 Å². The highest BCUT2D eigenvalue weighted by Gasteiger charge is 2.08. The molecule has 17 heavy (non-hydrogen) atoms. The highest BCUT2D eigenvalue weighted by atomic mass is 16.5. The first kappa shape index (κ1) is 13.8. The minimum Gasteiger partial charge on any atom is -0.493 e. The Bertz CT molecular complexity index is 339. The van der Waals surface area contributed by atoms with E-state index in [0.717, 1.165) is 30.9 Å². The van der Waals surface area contributed by atoms with E-state index in [4.69, 9.17) is 9.47 Å². The van der Waals surface area contributed by atoms with Crippen LogP contribution in [0.5, 0.6) is 11.5 Å². The maximum atomic E-state index is 5.89. The fraction of sp³-hybridized carbons (Fsp3) is 0.571. The molecule has 0 heterocycles. The van der Waals surface area contributed by atoms with E-state index < -0.39 is 0 Å². The van der Waals surface area contributed by atoms with Crippen molar-refractivity contribution in [2.75, 3.05) is 20.7 Å². The van der Waals surface area contributed by atoms with Gasteiger partial charge in [0, 0.05) is 0 Å². The van der Waals surface area contributed by atoms with Gasteiger partial charge in [-0.1, -0.05) is 6.07 Å². The normalized spacial score (nSPS) is 12.2. The predicted octanol–water partition coefficient (Wildman–Crippen LogP) is 2.77. The molecule has 1 atom stereocenters. The number of rotatable bonds is 7. The molecule has 1 aromatic carbocycles. The summed E-state index contributed by atoms with van der Waals surface area (Å²) in [4.78, 5) is 0. The standard InChI is InChI=1S/C14H23NO2/c1-11-7-8-13(14(10-11)16-4)17-12(2)6-5-9-15-3/h7-8,10,12,15H,5-6,9H2,1-4H3. The Kier molecular flexibility index (Phi) is 5.84. The molecule has 1 rings (SSSR count). The van der Waals surface area contributed by atoms with Crippen molar-refractivity contribution in [1.29, 1.82) is 0 Å². The summed E-state index contributed by atoms with van der Waals surface area (Å²) in [5.74, 6) is 1.64. The van der Waals surface area contributed by atoms with Crippen molar-refractivity contribution in [3.63, 3.8) is 0 Å². The van der Waals surface area contributed by atoms with Gasteiger partial charge in [0.25, 0.3) is 0 Å². The third kappa shape index (κ3) is 4.65. The minimum atomic E-state index is 0.208. The summed E-state index contributed by atoms with van der Waals surface area (Å²) < 4.78 is 11.2. The molecule has 1 aromatic rings. The molecule has 0 aliphatic rings. The fourth-order valence-corrected chi connectivity index (χ4v) is 1.71. The molecule has 0 aromatic heterocycles. The van der Waals surface area contributed by atoms with Crippen molar-refractivity contribution in [1.82, 2.24) is 5.32 Å². The maximum absolute atomic E-state index is 5.89. The van der Waals surface area contributed by atoms with Gasteiger partial charge in [0.05, 0.1) is 13.2 Å². The molecule has 0 radical (unpaired) electrons. The van der Waals surface area contributed by atoms with Crippen molar-refractivity contribution in [3.05, 3.63) is 23.8 Å². The van der Waals surface area contributed by atoms with Gasteiger partial charge in [-0.15, -0.1) is 0 Å². The average Bonchev–Trinajstić information content (AvgIpc) is 2.32. The Hall–Kier alpha value is -1.22. The van der Waals surface area contributed by atoms with Gasteiger partial charge in [0.2, 0.25) is 0 Å². The van der Waals surface area contributed by atoms with Crippen LogP contribution in [-0.4, -0.2) is 26.8 Å². The van der Waals surface area contributed by atoms with Crippen molar-refractivity contribution < 1.29 is 9.47 Å². The molecular formula is C14H23NO2. The van der Waals surface area contributed by atoms with Crippen molar-refractivity contribution >= 4 is 0 Å². The molecule has 1 N–H and O–H groups in total. The Morgan fingerprint density at radius 1 is 1.29 bits per heavy atom. The van der Waals surface area contributed by atoms with Gasteiger partial charge in [-0.05, 0) is 58.0 Å². The van der Waals surface area contributed by atoms with Crippen molar-refractivity contribution in [2.45, 2.75) is 32.8 Å². The van der Waals surface area contributed by atoms with Gasteiger partial charge in [-0.25, -0.2) is 0 Å². The van der Waals surface area contributed by atoms with Gasteiger partial charge >= 0.3 is 0 Å². The smallest absolute Gasteiger partial charge is 0.161 e. The van der Waals surface area contributed by atoms with E-state index in [1.165, 1.54) is 5.56 Å². The second kappa shape index (κ2) is 7.17. The number of hydrogen-bond donors (Lipinski definition) is 1. The summed E-state index contributed by atoms with van der Waals surface area (Å²) in [5.41, 5.74) is 1.18. The summed E-state index contributed by atoms with van der Waals surface area (Å²) in [6.45, 7) is 5.16. The summed E-state index contributed by atoms with van der Waals surface area (Å²) in [5, 5.41) is 3.14. The second-order valence-electron chi connectivity index (χ2n) is 4.33. The van der Waals surface area contributed by atoms with Crippen molar-refractivity contribution in [2.24, 2.45) is 0 Å². The van der Waals surface area contributed by atoms with E-state index >= 15 is 0 Å². The first-order valence-electron chi connectivity index (χ1n) is 6.13. The SMILES string of the molecule is CNCCCC(C)Oc1ccc(C)cc1OC. The minimum absolute atomic E-state index is 0.208. The van der Waals surface area contributed by atoms with E-state index in [1.54, 1.807) is 7.11 Å². The lowest BCUT2D eigenvalue weighted by Crippen LogP contribution is -2.16. The predicted molar refractivity (Wildman–Crippen MR) is 71.0 cm³/mol. The topological polar surface area (TPSA) is 30.5 Å². The lowest BCUT2D eigenvalue weighted by molar-refractivity contribution is 0.199. The summed E-state index contributed by atoms with van der Waals surface area (Å²) in [6.07, 6.45) is 2.36. The van der Waals surface area contributed by atoms with Crippen molar-refractivity contribution in [3.8, 4) is 11.5 Å². The van der Waals surface area contributed by atoms with E-state index in [-0.39, 0.29) is 6.10 Å². The molecule has 0 saturated carbocycles. The number of methoxy groups -OCH3 is 1. The van der Waals surface area contributed by atoms with Gasteiger partial charge in [0.15, 0.2) is 11.5 Å². The zero-order chi connectivity index (χ0) is 12.7. The second-order valence-corrected chi connectivity index (χ2v) is 4.33. The Morgan fingerprint density at radius 2 is 2.06 bits per heavy atom. The molecule has 1 unspecified atom stereocenters. The van der Waals surface area contributed by atoms with Crippen LogP contribution in [0.15, 0.2) is 18.2 Å². The molecule has 96 valence electrons. The van der Waals surface area contributed by atoms with Crippen LogP contribution < -0.4 is 14.8 Å². The number of benzene rings is 1. The zero-order valence-electron chi connectivity index (χ0n) is 11.2. The summed E-state index contributed by atoms with van der Waals surface area (Å²) >= 11 is 0. The number of nitrogens with one attached hydrogen (secondary N) is 1. The van der Waals surface area contributed by atoms with E-state index in [0.29, 0.717) is 0 Å². The van der Waals surface area contributed by atoms with Gasteiger partial charge in [0.1, 0.15) is 0 Å². The van der Waals surface area contributed by atoms with Crippen LogP contribution in [0, 0.1) is 6.92 Å². The zero-order valence-corrected chi connectivity index (χ0v) is 11.2. The van der Waals surface area contributed by atoms with Crippen LogP contribution in [0.4, 0.5) is 0 Å². The third-order valence-corrected chi connectivity index (χ3v) is 2.68. The Morgan fingerprint density at radius 3 is 2.71 bits per heavy atom. The highest BCUT2D eigenvalue weighted by molar-refractivity contribution is 5.42. The molecule has 0 bridgehead atoms. The lowest BCUT2D eigenvalue weighted by Gasteiger charge is -2.17. The number of aryl methyl sites for hydroxylation is 1. The molecule has 0 saturated heterocycles. The average molecular weight is 237 g/mol. The van der Waals surface area contributed by atoms with Crippen LogP contribution in [0.1, 0.15) is 25.3 Å². The molecule has 0 aliphatic carbocycles. The first-order valence-corrected chi connectivity index (χ1v) is 6.13. The number of ether oxygens (including phenoxy) is 2. The summed E-state index contributed by atoms with van der Waals surface area (Å²) in [7, 11) is 3.64. The van der Waals surface area contributed by atoms with E-state index in [1.807, 2.05) is 32.2 Å². The van der Waals surface area contributed by atoms with Gasteiger partial charge in [-0.2, -0.15) is 0 Å². The van der Waals surface area contributed by atoms with Gasteiger partial charge < -0.3 is 14.8 Å². The van der Waals surface area contributed by atoms with Crippen LogP contribution in [0.3, 0.4) is 0 Å². The van der Waals surface area contributed by atoms with E-state index in [9.17, 15) is 0 Å².